The molecule has 1 aromatic carbocycles. The van der Waals surface area contributed by atoms with Gasteiger partial charge in [0, 0.05) is 76.7 Å². The van der Waals surface area contributed by atoms with Crippen molar-refractivity contribution in [1.82, 2.24) is 20.0 Å². The van der Waals surface area contributed by atoms with Gasteiger partial charge in [-0.25, -0.2) is 0 Å². The Labute approximate surface area is 173 Å². The Hall–Kier alpha value is -2.12. The van der Waals surface area contributed by atoms with E-state index in [4.69, 9.17) is 0 Å². The summed E-state index contributed by atoms with van der Waals surface area (Å²) in [4.78, 5) is 33.6. The maximum atomic E-state index is 12.7. The van der Waals surface area contributed by atoms with Crippen molar-refractivity contribution in [2.24, 2.45) is 0 Å². The maximum absolute atomic E-state index is 12.7. The van der Waals surface area contributed by atoms with Gasteiger partial charge in [0.15, 0.2) is 0 Å². The molecule has 4 rings (SSSR count). The van der Waals surface area contributed by atoms with E-state index < -0.39 is 0 Å². The predicted molar refractivity (Wildman–Crippen MR) is 114 cm³/mol. The first-order valence-corrected chi connectivity index (χ1v) is 11.0. The Kier molecular flexibility index (Phi) is 6.35. The molecule has 2 heterocycles. The minimum atomic E-state index is -0.0617. The fourth-order valence-electron chi connectivity index (χ4n) is 4.51. The first-order valence-electron chi connectivity index (χ1n) is 11.0. The molecule has 7 heteroatoms. The smallest absolute Gasteiger partial charge is 0.251 e. The van der Waals surface area contributed by atoms with Crippen LogP contribution in [0.4, 0.5) is 5.69 Å². The minimum Gasteiger partial charge on any atom is -0.369 e. The summed E-state index contributed by atoms with van der Waals surface area (Å²) < 4.78 is 0. The van der Waals surface area contributed by atoms with Crippen molar-refractivity contribution in [3.63, 3.8) is 0 Å². The average Bonchev–Trinajstić information content (AvgIpc) is 2.73. The van der Waals surface area contributed by atoms with Crippen LogP contribution in [0.25, 0.3) is 0 Å². The molecule has 0 spiro atoms. The van der Waals surface area contributed by atoms with E-state index >= 15 is 0 Å². The number of rotatable bonds is 5. The SMILES string of the molecule is CNC(=O)c1ccc(N2CCN(CC(=O)N3CCN(C4CCC4)CC3)CC2)cc1. The summed E-state index contributed by atoms with van der Waals surface area (Å²) in [7, 11) is 1.64. The largest absolute Gasteiger partial charge is 0.369 e. The number of nitrogens with one attached hydrogen (secondary N) is 1. The molecule has 0 unspecified atom stereocenters. The molecular formula is C22H33N5O2. The first-order chi connectivity index (χ1) is 14.1. The van der Waals surface area contributed by atoms with Crippen LogP contribution in [-0.2, 0) is 4.79 Å². The monoisotopic (exact) mass is 399 g/mol. The van der Waals surface area contributed by atoms with Crippen LogP contribution in [0.1, 0.15) is 29.6 Å². The summed E-state index contributed by atoms with van der Waals surface area (Å²) in [6.07, 6.45) is 4.05. The van der Waals surface area contributed by atoms with Crippen molar-refractivity contribution in [1.29, 1.82) is 0 Å². The molecule has 0 aromatic heterocycles. The number of anilines is 1. The number of hydrogen-bond donors (Lipinski definition) is 1. The highest BCUT2D eigenvalue weighted by Gasteiger charge is 2.30. The van der Waals surface area contributed by atoms with Crippen molar-refractivity contribution >= 4 is 17.5 Å². The zero-order valence-electron chi connectivity index (χ0n) is 17.5. The van der Waals surface area contributed by atoms with Gasteiger partial charge in [0.05, 0.1) is 6.54 Å². The van der Waals surface area contributed by atoms with Gasteiger partial charge in [-0.05, 0) is 37.1 Å². The molecule has 3 fully saturated rings. The molecule has 1 saturated carbocycles. The zero-order valence-corrected chi connectivity index (χ0v) is 17.5. The lowest BCUT2D eigenvalue weighted by Gasteiger charge is -2.43. The van der Waals surface area contributed by atoms with E-state index in [0.717, 1.165) is 64.1 Å². The Morgan fingerprint density at radius 3 is 2.14 bits per heavy atom. The quantitative estimate of drug-likeness (QED) is 0.796. The van der Waals surface area contributed by atoms with Crippen molar-refractivity contribution in [3.8, 4) is 0 Å². The van der Waals surface area contributed by atoms with Crippen LogP contribution >= 0.6 is 0 Å². The molecule has 2 saturated heterocycles. The van der Waals surface area contributed by atoms with Gasteiger partial charge in [-0.1, -0.05) is 6.42 Å². The Morgan fingerprint density at radius 1 is 0.931 bits per heavy atom. The minimum absolute atomic E-state index is 0.0617. The Morgan fingerprint density at radius 2 is 1.59 bits per heavy atom. The molecule has 29 heavy (non-hydrogen) atoms. The molecule has 1 N–H and O–H groups in total. The van der Waals surface area contributed by atoms with Crippen LogP contribution in [0.3, 0.4) is 0 Å². The van der Waals surface area contributed by atoms with Gasteiger partial charge in [-0.15, -0.1) is 0 Å². The third-order valence-electron chi connectivity index (χ3n) is 6.71. The summed E-state index contributed by atoms with van der Waals surface area (Å²) in [5.41, 5.74) is 1.81. The predicted octanol–water partition coefficient (Wildman–Crippen LogP) is 0.865. The summed E-state index contributed by atoms with van der Waals surface area (Å²) in [6.45, 7) is 7.97. The number of carbonyl (C=O) groups excluding carboxylic acids is 2. The number of benzene rings is 1. The van der Waals surface area contributed by atoms with Crippen LogP contribution in [0.15, 0.2) is 24.3 Å². The van der Waals surface area contributed by atoms with E-state index in [1.807, 2.05) is 24.3 Å². The summed E-state index contributed by atoms with van der Waals surface area (Å²) >= 11 is 0. The summed E-state index contributed by atoms with van der Waals surface area (Å²) in [5.74, 6) is 0.218. The van der Waals surface area contributed by atoms with Gasteiger partial charge in [-0.2, -0.15) is 0 Å². The van der Waals surface area contributed by atoms with Gasteiger partial charge in [0.2, 0.25) is 5.91 Å². The molecule has 2 amide bonds. The maximum Gasteiger partial charge on any atom is 0.251 e. The van der Waals surface area contributed by atoms with Crippen molar-refractivity contribution in [3.05, 3.63) is 29.8 Å². The van der Waals surface area contributed by atoms with Crippen LogP contribution in [-0.4, -0.2) is 98.5 Å². The molecule has 158 valence electrons. The number of carbonyl (C=O) groups is 2. The van der Waals surface area contributed by atoms with Crippen LogP contribution in [0, 0.1) is 0 Å². The molecule has 0 atom stereocenters. The van der Waals surface area contributed by atoms with Gasteiger partial charge in [-0.3, -0.25) is 19.4 Å². The van der Waals surface area contributed by atoms with Gasteiger partial charge in [0.1, 0.15) is 0 Å². The normalized spacial score (nSPS) is 21.7. The lowest BCUT2D eigenvalue weighted by molar-refractivity contribution is -0.134. The summed E-state index contributed by atoms with van der Waals surface area (Å²) in [5, 5.41) is 2.65. The molecular weight excluding hydrogens is 366 g/mol. The van der Waals surface area contributed by atoms with Crippen molar-refractivity contribution in [2.75, 3.05) is 70.9 Å². The second-order valence-electron chi connectivity index (χ2n) is 8.39. The lowest BCUT2D eigenvalue weighted by Crippen LogP contribution is -2.56. The molecule has 1 aliphatic carbocycles. The number of piperazine rings is 2. The lowest BCUT2D eigenvalue weighted by atomic mass is 9.91. The number of hydrogen-bond acceptors (Lipinski definition) is 5. The number of amides is 2. The van der Waals surface area contributed by atoms with Crippen molar-refractivity contribution < 1.29 is 9.59 Å². The Bertz CT molecular complexity index is 702. The molecule has 7 nitrogen and oxygen atoms in total. The fraction of sp³-hybridized carbons (Fsp3) is 0.636. The third-order valence-corrected chi connectivity index (χ3v) is 6.71. The molecule has 2 aliphatic heterocycles. The van der Waals surface area contributed by atoms with Crippen LogP contribution < -0.4 is 10.2 Å². The Balaban J connectivity index is 1.20. The van der Waals surface area contributed by atoms with E-state index in [1.54, 1.807) is 7.05 Å². The van der Waals surface area contributed by atoms with E-state index in [-0.39, 0.29) is 11.8 Å². The third kappa shape index (κ3) is 4.73. The van der Waals surface area contributed by atoms with Crippen LogP contribution in [0.2, 0.25) is 0 Å². The second kappa shape index (κ2) is 9.13. The average molecular weight is 400 g/mol. The van der Waals surface area contributed by atoms with Crippen LogP contribution in [0.5, 0.6) is 0 Å². The molecule has 0 radical (unpaired) electrons. The fourth-order valence-corrected chi connectivity index (χ4v) is 4.51. The van der Waals surface area contributed by atoms with E-state index in [0.29, 0.717) is 12.1 Å². The highest BCUT2D eigenvalue weighted by atomic mass is 16.2. The highest BCUT2D eigenvalue weighted by Crippen LogP contribution is 2.25. The van der Waals surface area contributed by atoms with Crippen molar-refractivity contribution in [2.45, 2.75) is 25.3 Å². The zero-order chi connectivity index (χ0) is 20.2. The topological polar surface area (TPSA) is 59.1 Å². The van der Waals surface area contributed by atoms with E-state index in [2.05, 4.69) is 24.9 Å². The van der Waals surface area contributed by atoms with E-state index in [9.17, 15) is 9.59 Å². The number of nitrogens with zero attached hydrogens (tertiary/aromatic N) is 4. The molecule has 0 bridgehead atoms. The van der Waals surface area contributed by atoms with Gasteiger partial charge in [0.25, 0.3) is 5.91 Å². The summed E-state index contributed by atoms with van der Waals surface area (Å²) in [6, 6.07) is 8.53. The molecule has 3 aliphatic rings. The standard InChI is InChI=1S/C22H33N5O2/c1-23-22(29)18-5-7-20(8-6-18)25-11-9-24(10-12-25)17-21(28)27-15-13-26(14-16-27)19-3-2-4-19/h5-8,19H,2-4,9-17H2,1H3,(H,23,29). The van der Waals surface area contributed by atoms with Gasteiger partial charge < -0.3 is 15.1 Å². The van der Waals surface area contributed by atoms with E-state index in [1.165, 1.54) is 19.3 Å². The second-order valence-corrected chi connectivity index (χ2v) is 8.39. The van der Waals surface area contributed by atoms with Gasteiger partial charge >= 0.3 is 0 Å². The first kappa shape index (κ1) is 20.2. The highest BCUT2D eigenvalue weighted by molar-refractivity contribution is 5.94. The molecule has 1 aromatic rings.